The van der Waals surface area contributed by atoms with Gasteiger partial charge in [-0.15, -0.1) is 11.6 Å². The molecule has 0 heterocycles. The van der Waals surface area contributed by atoms with Crippen molar-refractivity contribution in [2.75, 3.05) is 0 Å². The number of hydrogen-bond donors (Lipinski definition) is 1. The maximum absolute atomic E-state index is 9.48. The van der Waals surface area contributed by atoms with Gasteiger partial charge in [0.1, 0.15) is 0 Å². The lowest BCUT2D eigenvalue weighted by Gasteiger charge is -2.39. The number of hydrogen-bond acceptors (Lipinski definition) is 1. The summed E-state index contributed by atoms with van der Waals surface area (Å²) in [5.41, 5.74) is 0. The first-order valence-electron chi connectivity index (χ1n) is 5.08. The fourth-order valence-corrected chi connectivity index (χ4v) is 3.16. The summed E-state index contributed by atoms with van der Waals surface area (Å²) >= 11 is 6.11. The molecule has 2 fully saturated rings. The van der Waals surface area contributed by atoms with Crippen LogP contribution in [0.15, 0.2) is 0 Å². The first-order chi connectivity index (χ1) is 5.75. The normalized spacial score (nSPS) is 48.5. The lowest BCUT2D eigenvalue weighted by atomic mass is 9.70. The van der Waals surface area contributed by atoms with Crippen molar-refractivity contribution in [1.29, 1.82) is 0 Å². The molecule has 2 saturated carbocycles. The lowest BCUT2D eigenvalue weighted by Crippen LogP contribution is -2.33. The van der Waals surface area contributed by atoms with Gasteiger partial charge in [0.2, 0.25) is 0 Å². The highest BCUT2D eigenvalue weighted by Gasteiger charge is 2.34. The van der Waals surface area contributed by atoms with Gasteiger partial charge >= 0.3 is 0 Å². The highest BCUT2D eigenvalue weighted by Crippen LogP contribution is 2.41. The molecule has 2 unspecified atom stereocenters. The zero-order valence-corrected chi connectivity index (χ0v) is 8.13. The van der Waals surface area contributed by atoms with Gasteiger partial charge in [-0.25, -0.2) is 0 Å². The van der Waals surface area contributed by atoms with E-state index in [-0.39, 0.29) is 6.10 Å². The molecule has 0 amide bonds. The number of halogens is 1. The second-order valence-corrected chi connectivity index (χ2v) is 5.01. The average molecular weight is 189 g/mol. The zero-order chi connectivity index (χ0) is 8.55. The maximum atomic E-state index is 9.48. The Bertz CT molecular complexity index is 142. The minimum atomic E-state index is -0.0156. The fourth-order valence-electron chi connectivity index (χ4n) is 2.81. The summed E-state index contributed by atoms with van der Waals surface area (Å²) < 4.78 is 0. The van der Waals surface area contributed by atoms with E-state index in [9.17, 15) is 5.11 Å². The summed E-state index contributed by atoms with van der Waals surface area (Å²) in [7, 11) is 0. The third kappa shape index (κ3) is 1.77. The quantitative estimate of drug-likeness (QED) is 0.580. The van der Waals surface area contributed by atoms with Gasteiger partial charge in [-0.1, -0.05) is 0 Å². The lowest BCUT2D eigenvalue weighted by molar-refractivity contribution is 0.0500. The summed E-state index contributed by atoms with van der Waals surface area (Å²) in [5, 5.41) is 9.90. The van der Waals surface area contributed by atoms with E-state index < -0.39 is 0 Å². The molecule has 0 radical (unpaired) electrons. The summed E-state index contributed by atoms with van der Waals surface area (Å²) in [4.78, 5) is 0. The molecule has 2 aliphatic carbocycles. The molecule has 0 bridgehead atoms. The molecule has 0 aromatic heterocycles. The third-order valence-electron chi connectivity index (χ3n) is 3.52. The monoisotopic (exact) mass is 188 g/mol. The number of fused-ring (bicyclic) bond motifs is 1. The summed E-state index contributed by atoms with van der Waals surface area (Å²) in [5.74, 6) is 1.60. The molecular formula is C10H17ClO. The van der Waals surface area contributed by atoms with Gasteiger partial charge in [-0.05, 0) is 50.4 Å². The minimum absolute atomic E-state index is 0.0156. The molecule has 0 aromatic rings. The van der Waals surface area contributed by atoms with Crippen LogP contribution in [0.4, 0.5) is 0 Å². The van der Waals surface area contributed by atoms with Crippen molar-refractivity contribution in [1.82, 2.24) is 0 Å². The van der Waals surface area contributed by atoms with E-state index in [0.717, 1.165) is 31.1 Å². The van der Waals surface area contributed by atoms with E-state index in [4.69, 9.17) is 11.6 Å². The summed E-state index contributed by atoms with van der Waals surface area (Å²) in [6.07, 6.45) is 6.83. The van der Waals surface area contributed by atoms with Crippen LogP contribution in [0.3, 0.4) is 0 Å². The molecule has 12 heavy (non-hydrogen) atoms. The Morgan fingerprint density at radius 1 is 0.917 bits per heavy atom. The molecule has 4 atom stereocenters. The van der Waals surface area contributed by atoms with Crippen molar-refractivity contribution in [2.45, 2.75) is 50.0 Å². The van der Waals surface area contributed by atoms with Gasteiger partial charge in [-0.3, -0.25) is 0 Å². The number of aliphatic hydroxyl groups is 1. The highest BCUT2D eigenvalue weighted by atomic mass is 35.5. The fraction of sp³-hybridized carbons (Fsp3) is 1.00. The molecule has 0 spiro atoms. The van der Waals surface area contributed by atoms with Crippen LogP contribution in [-0.4, -0.2) is 16.6 Å². The van der Waals surface area contributed by atoms with Crippen LogP contribution < -0.4 is 0 Å². The van der Waals surface area contributed by atoms with Crippen LogP contribution in [0.5, 0.6) is 0 Å². The van der Waals surface area contributed by atoms with Gasteiger partial charge in [0.15, 0.2) is 0 Å². The SMILES string of the molecule is O[C@@H]1CCC2C[C@@H](Cl)CCC2C1. The molecule has 2 rings (SSSR count). The third-order valence-corrected chi connectivity index (χ3v) is 3.92. The topological polar surface area (TPSA) is 20.2 Å². The van der Waals surface area contributed by atoms with Crippen molar-refractivity contribution >= 4 is 11.6 Å². The van der Waals surface area contributed by atoms with E-state index >= 15 is 0 Å². The average Bonchev–Trinajstić information content (AvgIpc) is 2.05. The van der Waals surface area contributed by atoms with E-state index in [2.05, 4.69) is 0 Å². The van der Waals surface area contributed by atoms with Crippen LogP contribution >= 0.6 is 11.6 Å². The van der Waals surface area contributed by atoms with Gasteiger partial charge < -0.3 is 5.11 Å². The summed E-state index contributed by atoms with van der Waals surface area (Å²) in [6, 6.07) is 0. The Kier molecular flexibility index (Phi) is 2.61. The highest BCUT2D eigenvalue weighted by molar-refractivity contribution is 6.20. The maximum Gasteiger partial charge on any atom is 0.0543 e. The molecule has 70 valence electrons. The van der Waals surface area contributed by atoms with Crippen molar-refractivity contribution in [3.8, 4) is 0 Å². The number of aliphatic hydroxyl groups excluding tert-OH is 1. The van der Waals surface area contributed by atoms with Crippen molar-refractivity contribution in [3.05, 3.63) is 0 Å². The Labute approximate surface area is 79.1 Å². The van der Waals surface area contributed by atoms with Gasteiger partial charge in [-0.2, -0.15) is 0 Å². The molecule has 2 aliphatic rings. The minimum Gasteiger partial charge on any atom is -0.393 e. The van der Waals surface area contributed by atoms with E-state index in [1.165, 1.54) is 19.3 Å². The molecule has 2 heteroatoms. The predicted molar refractivity (Wildman–Crippen MR) is 50.3 cm³/mol. The van der Waals surface area contributed by atoms with Crippen LogP contribution in [0.1, 0.15) is 38.5 Å². The van der Waals surface area contributed by atoms with Crippen molar-refractivity contribution in [3.63, 3.8) is 0 Å². The molecule has 0 aliphatic heterocycles. The van der Waals surface area contributed by atoms with Crippen LogP contribution in [0.25, 0.3) is 0 Å². The first-order valence-corrected chi connectivity index (χ1v) is 5.51. The summed E-state index contributed by atoms with van der Waals surface area (Å²) in [6.45, 7) is 0. The Hall–Kier alpha value is 0.250. The second-order valence-electron chi connectivity index (χ2n) is 4.40. The second kappa shape index (κ2) is 3.55. The van der Waals surface area contributed by atoms with Crippen LogP contribution in [0.2, 0.25) is 0 Å². The molecule has 1 N–H and O–H groups in total. The molecular weight excluding hydrogens is 172 g/mol. The largest absolute Gasteiger partial charge is 0.393 e. The van der Waals surface area contributed by atoms with Gasteiger partial charge in [0.05, 0.1) is 6.10 Å². The van der Waals surface area contributed by atoms with Crippen LogP contribution in [0, 0.1) is 11.8 Å². The smallest absolute Gasteiger partial charge is 0.0543 e. The van der Waals surface area contributed by atoms with Crippen LogP contribution in [-0.2, 0) is 0 Å². The number of rotatable bonds is 0. The van der Waals surface area contributed by atoms with E-state index in [0.29, 0.717) is 5.38 Å². The predicted octanol–water partition coefficient (Wildman–Crippen LogP) is 2.55. The zero-order valence-electron chi connectivity index (χ0n) is 7.38. The van der Waals surface area contributed by atoms with E-state index in [1.807, 2.05) is 0 Å². The number of alkyl halides is 1. The Morgan fingerprint density at radius 3 is 2.42 bits per heavy atom. The molecule has 0 saturated heterocycles. The first kappa shape index (κ1) is 8.83. The van der Waals surface area contributed by atoms with Gasteiger partial charge in [0, 0.05) is 5.38 Å². The Morgan fingerprint density at radius 2 is 1.58 bits per heavy atom. The molecule has 1 nitrogen and oxygen atoms in total. The Balaban J connectivity index is 1.94. The van der Waals surface area contributed by atoms with Crippen molar-refractivity contribution < 1.29 is 5.11 Å². The molecule has 0 aromatic carbocycles. The van der Waals surface area contributed by atoms with Crippen molar-refractivity contribution in [2.24, 2.45) is 11.8 Å². The van der Waals surface area contributed by atoms with E-state index in [1.54, 1.807) is 0 Å². The van der Waals surface area contributed by atoms with Gasteiger partial charge in [0.25, 0.3) is 0 Å². The standard InChI is InChI=1S/C10H17ClO/c11-9-3-1-8-6-10(12)4-2-7(8)5-9/h7-10,12H,1-6H2/t7?,8?,9-,10+/m0/s1.